The Hall–Kier alpha value is -3.78. The van der Waals surface area contributed by atoms with E-state index in [0.717, 1.165) is 5.56 Å². The SMILES string of the molecule is O=C(Nc1ncc(C#Cc2ccccc2)cc1F)c1c(Cl)cnn1C1CCN(C(=O)C2COCCO2)CC1. The van der Waals surface area contributed by atoms with Crippen molar-refractivity contribution in [2.75, 3.05) is 38.2 Å². The minimum absolute atomic E-state index is 0.0990. The van der Waals surface area contributed by atoms with Crippen molar-refractivity contribution < 1.29 is 23.5 Å². The van der Waals surface area contributed by atoms with Crippen LogP contribution in [0.4, 0.5) is 10.2 Å². The average Bonchev–Trinajstić information content (AvgIpc) is 3.35. The van der Waals surface area contributed by atoms with Crippen LogP contribution in [0, 0.1) is 17.7 Å². The number of likely N-dealkylation sites (tertiary alicyclic amines) is 1. The van der Waals surface area contributed by atoms with Gasteiger partial charge in [-0.05, 0) is 31.0 Å². The summed E-state index contributed by atoms with van der Waals surface area (Å²) in [5.74, 6) is 4.11. The molecule has 1 N–H and O–H groups in total. The number of nitrogens with one attached hydrogen (secondary N) is 1. The van der Waals surface area contributed by atoms with Crippen LogP contribution in [-0.4, -0.2) is 70.5 Å². The first-order valence-corrected chi connectivity index (χ1v) is 12.6. The van der Waals surface area contributed by atoms with Gasteiger partial charge in [-0.3, -0.25) is 14.3 Å². The lowest BCUT2D eigenvalue weighted by atomic mass is 10.0. The maximum absolute atomic E-state index is 14.7. The van der Waals surface area contributed by atoms with Crippen molar-refractivity contribution in [3.05, 3.63) is 76.5 Å². The summed E-state index contributed by atoms with van der Waals surface area (Å²) in [5, 5.41) is 6.92. The maximum atomic E-state index is 14.7. The second kappa shape index (κ2) is 11.7. The third kappa shape index (κ3) is 5.86. The molecule has 9 nitrogen and oxygen atoms in total. The standard InChI is InChI=1S/C27H25ClFN5O4/c28-21-16-31-34(20-8-10-33(11-9-20)27(36)23-17-37-12-13-38-23)24(21)26(35)32-25-22(29)14-19(15-30-25)7-6-18-4-2-1-3-5-18/h1-5,14-16,20,23H,8-13,17H2,(H,30,32,35). The van der Waals surface area contributed by atoms with Crippen molar-refractivity contribution in [3.63, 3.8) is 0 Å². The van der Waals surface area contributed by atoms with Gasteiger partial charge in [0.25, 0.3) is 11.8 Å². The van der Waals surface area contributed by atoms with Gasteiger partial charge in [-0.2, -0.15) is 5.10 Å². The number of ether oxygens (including phenoxy) is 2. The summed E-state index contributed by atoms with van der Waals surface area (Å²) in [6.45, 7) is 2.09. The predicted molar refractivity (Wildman–Crippen MR) is 137 cm³/mol. The average molecular weight is 538 g/mol. The molecule has 3 aromatic rings. The van der Waals surface area contributed by atoms with Crippen LogP contribution in [0.5, 0.6) is 0 Å². The van der Waals surface area contributed by atoms with Gasteiger partial charge in [-0.25, -0.2) is 9.37 Å². The van der Waals surface area contributed by atoms with Crippen LogP contribution in [0.2, 0.25) is 5.02 Å². The molecule has 5 rings (SSSR count). The number of halogens is 2. The molecule has 2 saturated heterocycles. The summed E-state index contributed by atoms with van der Waals surface area (Å²) in [6, 6.07) is 10.4. The van der Waals surface area contributed by atoms with E-state index in [1.807, 2.05) is 30.3 Å². The Bertz CT molecular complexity index is 1370. The zero-order valence-electron chi connectivity index (χ0n) is 20.4. The number of anilines is 1. The van der Waals surface area contributed by atoms with Crippen LogP contribution in [0.25, 0.3) is 0 Å². The molecule has 196 valence electrons. The Morgan fingerprint density at radius 1 is 1.08 bits per heavy atom. The third-order valence-electron chi connectivity index (χ3n) is 6.38. The molecular formula is C27H25ClFN5O4. The highest BCUT2D eigenvalue weighted by molar-refractivity contribution is 6.34. The number of aromatic nitrogens is 3. The Kier molecular flexibility index (Phi) is 7.98. The smallest absolute Gasteiger partial charge is 0.276 e. The molecule has 0 aliphatic carbocycles. The zero-order chi connectivity index (χ0) is 26.5. The van der Waals surface area contributed by atoms with E-state index < -0.39 is 17.8 Å². The molecule has 2 aliphatic rings. The summed E-state index contributed by atoms with van der Waals surface area (Å²) in [5.41, 5.74) is 1.27. The predicted octanol–water partition coefficient (Wildman–Crippen LogP) is 3.30. The zero-order valence-corrected chi connectivity index (χ0v) is 21.2. The molecule has 1 atom stereocenters. The second-order valence-electron chi connectivity index (χ2n) is 8.90. The molecule has 2 aliphatic heterocycles. The number of carbonyl (C=O) groups excluding carboxylic acids is 2. The molecule has 2 amide bonds. The molecule has 2 aromatic heterocycles. The highest BCUT2D eigenvalue weighted by atomic mass is 35.5. The minimum atomic E-state index is -0.721. The summed E-state index contributed by atoms with van der Waals surface area (Å²) < 4.78 is 27.1. The van der Waals surface area contributed by atoms with E-state index in [1.165, 1.54) is 23.1 Å². The number of hydrogen-bond acceptors (Lipinski definition) is 6. The molecule has 1 aromatic carbocycles. The molecule has 38 heavy (non-hydrogen) atoms. The first-order valence-electron chi connectivity index (χ1n) is 12.2. The molecular weight excluding hydrogens is 513 g/mol. The Balaban J connectivity index is 1.24. The lowest BCUT2D eigenvalue weighted by molar-refractivity contribution is -0.159. The van der Waals surface area contributed by atoms with Crippen molar-refractivity contribution in [2.24, 2.45) is 0 Å². The summed E-state index contributed by atoms with van der Waals surface area (Å²) >= 11 is 6.30. The van der Waals surface area contributed by atoms with E-state index in [-0.39, 0.29) is 35.1 Å². The van der Waals surface area contributed by atoms with Crippen molar-refractivity contribution in [1.82, 2.24) is 19.7 Å². The fourth-order valence-electron chi connectivity index (χ4n) is 4.43. The lowest BCUT2D eigenvalue weighted by Crippen LogP contribution is -2.48. The van der Waals surface area contributed by atoms with Gasteiger partial charge in [0.15, 0.2) is 17.7 Å². The summed E-state index contributed by atoms with van der Waals surface area (Å²) in [4.78, 5) is 31.6. The Morgan fingerprint density at radius 2 is 1.84 bits per heavy atom. The van der Waals surface area contributed by atoms with Crippen molar-refractivity contribution in [1.29, 1.82) is 0 Å². The molecule has 0 bridgehead atoms. The summed E-state index contributed by atoms with van der Waals surface area (Å²) in [7, 11) is 0. The number of pyridine rings is 1. The first-order chi connectivity index (χ1) is 18.5. The maximum Gasteiger partial charge on any atom is 0.276 e. The van der Waals surface area contributed by atoms with Crippen LogP contribution < -0.4 is 5.32 Å². The van der Waals surface area contributed by atoms with Gasteiger partial charge < -0.3 is 19.7 Å². The number of benzene rings is 1. The Labute approximate surface area is 223 Å². The van der Waals surface area contributed by atoms with Crippen LogP contribution in [-0.2, 0) is 14.3 Å². The number of piperidine rings is 1. The molecule has 1 unspecified atom stereocenters. The molecule has 4 heterocycles. The van der Waals surface area contributed by atoms with Crippen molar-refractivity contribution >= 4 is 29.2 Å². The number of hydrogen-bond donors (Lipinski definition) is 1. The highest BCUT2D eigenvalue weighted by Crippen LogP contribution is 2.28. The molecule has 0 radical (unpaired) electrons. The second-order valence-corrected chi connectivity index (χ2v) is 9.31. The third-order valence-corrected chi connectivity index (χ3v) is 6.65. The normalized spacial score (nSPS) is 17.9. The lowest BCUT2D eigenvalue weighted by Gasteiger charge is -2.35. The highest BCUT2D eigenvalue weighted by Gasteiger charge is 2.33. The van der Waals surface area contributed by atoms with Gasteiger partial charge in [0.1, 0.15) is 5.69 Å². The van der Waals surface area contributed by atoms with E-state index in [1.54, 1.807) is 4.90 Å². The van der Waals surface area contributed by atoms with E-state index in [9.17, 15) is 14.0 Å². The van der Waals surface area contributed by atoms with Gasteiger partial charge in [0, 0.05) is 30.4 Å². The monoisotopic (exact) mass is 537 g/mol. The summed E-state index contributed by atoms with van der Waals surface area (Å²) in [6.07, 6.45) is 3.32. The van der Waals surface area contributed by atoms with Crippen molar-refractivity contribution in [2.45, 2.75) is 25.0 Å². The van der Waals surface area contributed by atoms with E-state index >= 15 is 0 Å². The Morgan fingerprint density at radius 3 is 2.55 bits per heavy atom. The van der Waals surface area contributed by atoms with Crippen LogP contribution in [0.3, 0.4) is 0 Å². The first kappa shape index (κ1) is 25.9. The largest absolute Gasteiger partial charge is 0.376 e. The molecule has 0 spiro atoms. The molecule has 11 heteroatoms. The van der Waals surface area contributed by atoms with Gasteiger partial charge in [0.05, 0.1) is 37.1 Å². The molecule has 0 saturated carbocycles. The minimum Gasteiger partial charge on any atom is -0.376 e. The quantitative estimate of drug-likeness (QED) is 0.513. The number of nitrogens with zero attached hydrogens (tertiary/aromatic N) is 4. The van der Waals surface area contributed by atoms with Crippen molar-refractivity contribution in [3.8, 4) is 11.8 Å². The van der Waals surface area contributed by atoms with Crippen LogP contribution >= 0.6 is 11.6 Å². The van der Waals surface area contributed by atoms with Gasteiger partial charge in [-0.15, -0.1) is 0 Å². The van der Waals surface area contributed by atoms with Gasteiger partial charge >= 0.3 is 0 Å². The van der Waals surface area contributed by atoms with Crippen LogP contribution in [0.15, 0.2) is 48.8 Å². The van der Waals surface area contributed by atoms with Gasteiger partial charge in [0.2, 0.25) is 0 Å². The fourth-order valence-corrected chi connectivity index (χ4v) is 4.64. The van der Waals surface area contributed by atoms with E-state index in [2.05, 4.69) is 27.2 Å². The molecule has 2 fully saturated rings. The van der Waals surface area contributed by atoms with E-state index in [4.69, 9.17) is 21.1 Å². The topological polar surface area (TPSA) is 98.6 Å². The fraction of sp³-hybridized carbons (Fsp3) is 0.333. The van der Waals surface area contributed by atoms with Crippen LogP contribution in [0.1, 0.15) is 40.5 Å². The number of rotatable bonds is 4. The van der Waals surface area contributed by atoms with Gasteiger partial charge in [-0.1, -0.05) is 41.6 Å². The van der Waals surface area contributed by atoms with E-state index in [0.29, 0.717) is 44.7 Å². The number of carbonyl (C=O) groups is 2. The number of amides is 2.